The van der Waals surface area contributed by atoms with Gasteiger partial charge in [-0.15, -0.1) is 0 Å². The van der Waals surface area contributed by atoms with Crippen molar-refractivity contribution in [3.8, 4) is 0 Å². The number of rotatable bonds is 2. The molecule has 5 heteroatoms. The highest BCUT2D eigenvalue weighted by atomic mass is 16.6. The van der Waals surface area contributed by atoms with Crippen LogP contribution in [-0.4, -0.2) is 55.4 Å². The Morgan fingerprint density at radius 1 is 1.37 bits per heavy atom. The number of likely N-dealkylation sites (tertiary alicyclic amines) is 1. The second-order valence-electron chi connectivity index (χ2n) is 6.89. The quantitative estimate of drug-likeness (QED) is 0.791. The third kappa shape index (κ3) is 2.87. The summed E-state index contributed by atoms with van der Waals surface area (Å²) in [6.45, 7) is 7.28. The number of hydrogen-bond acceptors (Lipinski definition) is 4. The van der Waals surface area contributed by atoms with Crippen molar-refractivity contribution in [2.75, 3.05) is 27.2 Å². The second-order valence-corrected chi connectivity index (χ2v) is 6.89. The Labute approximate surface area is 116 Å². The molecule has 1 aliphatic carbocycles. The van der Waals surface area contributed by atoms with Crippen LogP contribution in [0.4, 0.5) is 4.79 Å². The number of likely N-dealkylation sites (N-methyl/N-ethyl adjacent to an activating group) is 1. The molecule has 1 amide bonds. The van der Waals surface area contributed by atoms with Gasteiger partial charge in [-0.2, -0.15) is 0 Å². The third-order valence-corrected chi connectivity index (χ3v) is 4.43. The van der Waals surface area contributed by atoms with E-state index in [-0.39, 0.29) is 11.6 Å². The Kier molecular flexibility index (Phi) is 3.80. The van der Waals surface area contributed by atoms with E-state index in [9.17, 15) is 4.79 Å². The van der Waals surface area contributed by atoms with Crippen molar-refractivity contribution in [1.29, 1.82) is 0 Å². The molecule has 110 valence electrons. The Bertz CT molecular complexity index is 353. The number of carbonyl (C=O) groups is 1. The van der Waals surface area contributed by atoms with E-state index in [1.54, 1.807) is 0 Å². The summed E-state index contributed by atoms with van der Waals surface area (Å²) in [7, 11) is 4.02. The summed E-state index contributed by atoms with van der Waals surface area (Å²) < 4.78 is 5.47. The van der Waals surface area contributed by atoms with Gasteiger partial charge in [-0.1, -0.05) is 0 Å². The normalized spacial score (nSPS) is 34.5. The average molecular weight is 269 g/mol. The van der Waals surface area contributed by atoms with Crippen molar-refractivity contribution in [2.45, 2.75) is 50.8 Å². The molecule has 1 saturated heterocycles. The number of fused-ring (bicyclic) bond motifs is 1. The average Bonchev–Trinajstić information content (AvgIpc) is 2.79. The van der Waals surface area contributed by atoms with Gasteiger partial charge in [-0.05, 0) is 53.6 Å². The zero-order valence-corrected chi connectivity index (χ0v) is 12.7. The van der Waals surface area contributed by atoms with Crippen LogP contribution in [-0.2, 0) is 4.74 Å². The summed E-state index contributed by atoms with van der Waals surface area (Å²) in [6.07, 6.45) is 2.01. The van der Waals surface area contributed by atoms with E-state index in [0.717, 1.165) is 25.9 Å². The highest BCUT2D eigenvalue weighted by molar-refractivity contribution is 5.69. The van der Waals surface area contributed by atoms with E-state index >= 15 is 0 Å². The fourth-order valence-corrected chi connectivity index (χ4v) is 3.44. The number of nitrogens with zero attached hydrogens (tertiary/aromatic N) is 1. The van der Waals surface area contributed by atoms with E-state index in [4.69, 9.17) is 4.74 Å². The molecule has 2 aliphatic rings. The van der Waals surface area contributed by atoms with Gasteiger partial charge < -0.3 is 20.3 Å². The van der Waals surface area contributed by atoms with Crippen LogP contribution in [0, 0.1) is 5.92 Å². The van der Waals surface area contributed by atoms with Gasteiger partial charge in [0.2, 0.25) is 0 Å². The molecule has 19 heavy (non-hydrogen) atoms. The molecule has 1 heterocycles. The van der Waals surface area contributed by atoms with Crippen molar-refractivity contribution in [2.24, 2.45) is 5.92 Å². The first-order chi connectivity index (χ1) is 8.79. The summed E-state index contributed by atoms with van der Waals surface area (Å²) in [6, 6.07) is 0.554. The second kappa shape index (κ2) is 4.94. The minimum Gasteiger partial charge on any atom is -0.444 e. The van der Waals surface area contributed by atoms with Crippen LogP contribution < -0.4 is 10.6 Å². The molecular weight excluding hydrogens is 242 g/mol. The number of carbonyl (C=O) groups excluding carboxylic acids is 1. The first kappa shape index (κ1) is 14.6. The molecule has 0 aromatic heterocycles. The number of hydrogen-bond donors (Lipinski definition) is 2. The molecule has 1 saturated carbocycles. The molecule has 0 spiro atoms. The zero-order chi connectivity index (χ0) is 14.3. The molecule has 0 radical (unpaired) electrons. The van der Waals surface area contributed by atoms with Crippen LogP contribution >= 0.6 is 0 Å². The first-order valence-electron chi connectivity index (χ1n) is 7.14. The summed E-state index contributed by atoms with van der Waals surface area (Å²) in [5, 5.41) is 6.82. The molecule has 3 atom stereocenters. The Balaban J connectivity index is 2.02. The van der Waals surface area contributed by atoms with E-state index < -0.39 is 5.60 Å². The van der Waals surface area contributed by atoms with Gasteiger partial charge in [-0.3, -0.25) is 0 Å². The fraction of sp³-hybridized carbons (Fsp3) is 0.929. The molecule has 0 aromatic rings. The maximum Gasteiger partial charge on any atom is 0.410 e. The van der Waals surface area contributed by atoms with E-state index in [1.165, 1.54) is 0 Å². The SMILES string of the molecule is CN[C@H]1C[C@H]2CN(C(=O)OC(C)(C)C)C[C@@]2(NC)C1. The van der Waals surface area contributed by atoms with Crippen LogP contribution in [0.15, 0.2) is 0 Å². The molecule has 0 unspecified atom stereocenters. The van der Waals surface area contributed by atoms with Gasteiger partial charge in [0, 0.05) is 24.7 Å². The lowest BCUT2D eigenvalue weighted by atomic mass is 9.91. The number of ether oxygens (including phenoxy) is 1. The third-order valence-electron chi connectivity index (χ3n) is 4.43. The van der Waals surface area contributed by atoms with E-state index in [0.29, 0.717) is 12.0 Å². The van der Waals surface area contributed by atoms with Crippen LogP contribution in [0.3, 0.4) is 0 Å². The summed E-state index contributed by atoms with van der Waals surface area (Å²) >= 11 is 0. The van der Waals surface area contributed by atoms with E-state index in [2.05, 4.69) is 10.6 Å². The highest BCUT2D eigenvalue weighted by Gasteiger charge is 2.53. The fourth-order valence-electron chi connectivity index (χ4n) is 3.44. The Hall–Kier alpha value is -0.810. The van der Waals surface area contributed by atoms with Gasteiger partial charge in [0.05, 0.1) is 0 Å². The largest absolute Gasteiger partial charge is 0.444 e. The number of nitrogens with one attached hydrogen (secondary N) is 2. The lowest BCUT2D eigenvalue weighted by molar-refractivity contribution is 0.0273. The maximum absolute atomic E-state index is 12.2. The molecule has 2 fully saturated rings. The zero-order valence-electron chi connectivity index (χ0n) is 12.7. The summed E-state index contributed by atoms with van der Waals surface area (Å²) in [5.41, 5.74) is -0.361. The summed E-state index contributed by atoms with van der Waals surface area (Å²) in [4.78, 5) is 14.0. The van der Waals surface area contributed by atoms with Gasteiger partial charge >= 0.3 is 6.09 Å². The molecular formula is C14H27N3O2. The van der Waals surface area contributed by atoms with Crippen LogP contribution in [0.25, 0.3) is 0 Å². The highest BCUT2D eigenvalue weighted by Crippen LogP contribution is 2.41. The lowest BCUT2D eigenvalue weighted by Crippen LogP contribution is -2.49. The lowest BCUT2D eigenvalue weighted by Gasteiger charge is -2.29. The van der Waals surface area contributed by atoms with Crippen molar-refractivity contribution < 1.29 is 9.53 Å². The molecule has 0 aromatic carbocycles. The van der Waals surface area contributed by atoms with Crippen molar-refractivity contribution in [3.63, 3.8) is 0 Å². The van der Waals surface area contributed by atoms with Gasteiger partial charge in [0.25, 0.3) is 0 Å². The maximum atomic E-state index is 12.2. The standard InChI is InChI=1S/C14H27N3O2/c1-13(2,3)19-12(18)17-8-10-6-11(15-4)7-14(10,9-17)16-5/h10-11,15-16H,6-9H2,1-5H3/t10-,11-,14-/m0/s1. The predicted molar refractivity (Wildman–Crippen MR) is 75.2 cm³/mol. The van der Waals surface area contributed by atoms with Crippen molar-refractivity contribution in [3.05, 3.63) is 0 Å². The molecule has 5 nitrogen and oxygen atoms in total. The van der Waals surface area contributed by atoms with Gasteiger partial charge in [0.1, 0.15) is 5.60 Å². The summed E-state index contributed by atoms with van der Waals surface area (Å²) in [5.74, 6) is 0.516. The minimum absolute atomic E-state index is 0.0601. The first-order valence-corrected chi connectivity index (χ1v) is 7.14. The smallest absolute Gasteiger partial charge is 0.410 e. The van der Waals surface area contributed by atoms with Crippen LogP contribution in [0.1, 0.15) is 33.6 Å². The van der Waals surface area contributed by atoms with Crippen LogP contribution in [0.5, 0.6) is 0 Å². The van der Waals surface area contributed by atoms with Gasteiger partial charge in [0.15, 0.2) is 0 Å². The van der Waals surface area contributed by atoms with Crippen LogP contribution in [0.2, 0.25) is 0 Å². The minimum atomic E-state index is -0.422. The topological polar surface area (TPSA) is 53.6 Å². The van der Waals surface area contributed by atoms with Crippen molar-refractivity contribution >= 4 is 6.09 Å². The molecule has 0 bridgehead atoms. The monoisotopic (exact) mass is 269 g/mol. The van der Waals surface area contributed by atoms with Crippen molar-refractivity contribution in [1.82, 2.24) is 15.5 Å². The Morgan fingerprint density at radius 2 is 2.05 bits per heavy atom. The molecule has 1 aliphatic heterocycles. The molecule has 2 rings (SSSR count). The molecule has 2 N–H and O–H groups in total. The Morgan fingerprint density at radius 3 is 2.53 bits per heavy atom. The van der Waals surface area contributed by atoms with Gasteiger partial charge in [-0.25, -0.2) is 4.79 Å². The van der Waals surface area contributed by atoms with E-state index in [1.807, 2.05) is 39.8 Å². The predicted octanol–water partition coefficient (Wildman–Crippen LogP) is 1.19. The number of amides is 1.